The molecule has 9 heteroatoms. The zero-order valence-electron chi connectivity index (χ0n) is 15.0. The third kappa shape index (κ3) is 3.07. The summed E-state index contributed by atoms with van der Waals surface area (Å²) in [5.74, 6) is -3.42. The van der Waals surface area contributed by atoms with Crippen LogP contribution in [0.3, 0.4) is 0 Å². The Morgan fingerprint density at radius 1 is 1.19 bits per heavy atom. The molecule has 1 atom stereocenters. The molecule has 0 aliphatic carbocycles. The maximum atomic E-state index is 12.4. The van der Waals surface area contributed by atoms with Crippen LogP contribution < -0.4 is 10.2 Å². The lowest BCUT2D eigenvalue weighted by atomic mass is 9.83. The molecule has 2 amide bonds. The van der Waals surface area contributed by atoms with E-state index in [1.165, 1.54) is 20.0 Å². The summed E-state index contributed by atoms with van der Waals surface area (Å²) in [5.41, 5.74) is -2.88. The normalized spacial score (nSPS) is 19.1. The van der Waals surface area contributed by atoms with E-state index in [0.29, 0.717) is 0 Å². The molecule has 1 unspecified atom stereocenters. The Kier molecular flexibility index (Phi) is 4.44. The van der Waals surface area contributed by atoms with Crippen LogP contribution in [0.15, 0.2) is 12.1 Å². The second-order valence-corrected chi connectivity index (χ2v) is 7.14. The number of ether oxygens (including phenoxy) is 1. The monoisotopic (exact) mass is 364 g/mol. The Labute approximate surface area is 149 Å². The summed E-state index contributed by atoms with van der Waals surface area (Å²) in [7, 11) is 1.36. The van der Waals surface area contributed by atoms with Crippen LogP contribution in [-0.2, 0) is 19.7 Å². The molecule has 0 saturated heterocycles. The maximum absolute atomic E-state index is 12.4. The topological polar surface area (TPSA) is 133 Å². The van der Waals surface area contributed by atoms with Crippen molar-refractivity contribution in [3.8, 4) is 0 Å². The second kappa shape index (κ2) is 6.01. The highest BCUT2D eigenvalue weighted by Gasteiger charge is 2.52. The second-order valence-electron chi connectivity index (χ2n) is 7.14. The number of carbonyl (C=O) groups excluding carboxylic acids is 2. The number of carboxylic acids is 2. The Bertz CT molecular complexity index is 825. The van der Waals surface area contributed by atoms with Crippen molar-refractivity contribution in [2.24, 2.45) is 0 Å². The van der Waals surface area contributed by atoms with E-state index in [1.54, 1.807) is 20.8 Å². The van der Waals surface area contributed by atoms with E-state index in [1.807, 2.05) is 0 Å². The molecule has 3 N–H and O–H groups in total. The lowest BCUT2D eigenvalue weighted by molar-refractivity contribution is -0.147. The van der Waals surface area contributed by atoms with E-state index in [9.17, 15) is 29.4 Å². The van der Waals surface area contributed by atoms with Crippen molar-refractivity contribution in [1.82, 2.24) is 0 Å². The number of amides is 2. The van der Waals surface area contributed by atoms with Gasteiger partial charge in [0, 0.05) is 18.3 Å². The number of hydrogen-bond acceptors (Lipinski definition) is 5. The molecule has 1 aromatic carbocycles. The van der Waals surface area contributed by atoms with Crippen LogP contribution in [0.25, 0.3) is 0 Å². The SMILES string of the molecule is CN1C(=O)C(C)(C(=O)O)c2cc(NC(=O)OC(C)(C)C)c(C(=O)O)cc21. The standard InChI is InChI=1S/C17H20N2O7/c1-16(2,3)26-15(25)18-10-7-9-11(6-8(10)12(20)21)19(5)13(22)17(9,4)14(23)24/h6-7H,1-5H3,(H,18,25)(H,20,21)(H,23,24). The summed E-state index contributed by atoms with van der Waals surface area (Å²) in [4.78, 5) is 48.8. The molecule has 2 rings (SSSR count). The highest BCUT2D eigenvalue weighted by Crippen LogP contribution is 2.44. The molecule has 9 nitrogen and oxygen atoms in total. The molecule has 0 aromatic heterocycles. The number of carboxylic acid groups (broad SMARTS) is 2. The van der Waals surface area contributed by atoms with Crippen LogP contribution in [0.5, 0.6) is 0 Å². The quantitative estimate of drug-likeness (QED) is 0.699. The predicted octanol–water partition coefficient (Wildman–Crippen LogP) is 2.05. The molecule has 1 aliphatic heterocycles. The highest BCUT2D eigenvalue weighted by molar-refractivity contribution is 6.20. The summed E-state index contributed by atoms with van der Waals surface area (Å²) in [6, 6.07) is 2.36. The van der Waals surface area contributed by atoms with Gasteiger partial charge in [0.15, 0.2) is 5.41 Å². The summed E-state index contributed by atoms with van der Waals surface area (Å²) >= 11 is 0. The smallest absolute Gasteiger partial charge is 0.412 e. The Balaban J connectivity index is 2.60. The van der Waals surface area contributed by atoms with Gasteiger partial charge in [0.25, 0.3) is 0 Å². The average molecular weight is 364 g/mol. The third-order valence-corrected chi connectivity index (χ3v) is 4.06. The minimum Gasteiger partial charge on any atom is -0.480 e. The van der Waals surface area contributed by atoms with Crippen molar-refractivity contribution in [1.29, 1.82) is 0 Å². The fourth-order valence-electron chi connectivity index (χ4n) is 2.73. The Morgan fingerprint density at radius 3 is 2.23 bits per heavy atom. The summed E-state index contributed by atoms with van der Waals surface area (Å²) in [6.45, 7) is 6.16. The predicted molar refractivity (Wildman–Crippen MR) is 91.7 cm³/mol. The largest absolute Gasteiger partial charge is 0.480 e. The first kappa shape index (κ1) is 19.2. The summed E-state index contributed by atoms with van der Waals surface area (Å²) in [6.07, 6.45) is -0.894. The molecule has 0 saturated carbocycles. The molecule has 140 valence electrons. The number of aliphatic carboxylic acids is 1. The molecule has 1 heterocycles. The van der Waals surface area contributed by atoms with E-state index in [2.05, 4.69) is 5.32 Å². The first-order valence-electron chi connectivity index (χ1n) is 7.72. The number of likely N-dealkylation sites (N-methyl/N-ethyl adjacent to an activating group) is 1. The number of aromatic carboxylic acids is 1. The van der Waals surface area contributed by atoms with Crippen LogP contribution >= 0.6 is 0 Å². The van der Waals surface area contributed by atoms with Crippen molar-refractivity contribution in [3.63, 3.8) is 0 Å². The Morgan fingerprint density at radius 2 is 1.77 bits per heavy atom. The zero-order chi connectivity index (χ0) is 20.0. The van der Waals surface area contributed by atoms with Gasteiger partial charge < -0.3 is 19.8 Å². The van der Waals surface area contributed by atoms with Crippen LogP contribution in [0.4, 0.5) is 16.2 Å². The fourth-order valence-corrected chi connectivity index (χ4v) is 2.73. The third-order valence-electron chi connectivity index (χ3n) is 4.06. The lowest BCUT2D eigenvalue weighted by Crippen LogP contribution is -2.42. The first-order chi connectivity index (χ1) is 11.8. The molecular weight excluding hydrogens is 344 g/mol. The van der Waals surface area contributed by atoms with Gasteiger partial charge in [-0.1, -0.05) is 0 Å². The molecule has 0 spiro atoms. The molecule has 26 heavy (non-hydrogen) atoms. The summed E-state index contributed by atoms with van der Waals surface area (Å²) in [5, 5.41) is 21.3. The lowest BCUT2D eigenvalue weighted by Gasteiger charge is -2.21. The van der Waals surface area contributed by atoms with Gasteiger partial charge in [-0.15, -0.1) is 0 Å². The maximum Gasteiger partial charge on any atom is 0.412 e. The van der Waals surface area contributed by atoms with E-state index in [0.717, 1.165) is 11.0 Å². The van der Waals surface area contributed by atoms with Gasteiger partial charge >= 0.3 is 18.0 Å². The van der Waals surface area contributed by atoms with Crippen LogP contribution in [0.2, 0.25) is 0 Å². The molecular formula is C17H20N2O7. The molecule has 0 bridgehead atoms. The fraction of sp³-hybridized carbons (Fsp3) is 0.412. The summed E-state index contributed by atoms with van der Waals surface area (Å²) < 4.78 is 5.10. The molecule has 0 radical (unpaired) electrons. The van der Waals surface area contributed by atoms with E-state index in [4.69, 9.17) is 4.74 Å². The van der Waals surface area contributed by atoms with E-state index >= 15 is 0 Å². The Hall–Kier alpha value is -3.10. The van der Waals surface area contributed by atoms with E-state index < -0.39 is 35.0 Å². The van der Waals surface area contributed by atoms with E-state index in [-0.39, 0.29) is 22.5 Å². The number of nitrogens with one attached hydrogen (secondary N) is 1. The molecule has 1 aliphatic rings. The number of carbonyl (C=O) groups is 4. The van der Waals surface area contributed by atoms with Gasteiger partial charge in [-0.3, -0.25) is 14.9 Å². The van der Waals surface area contributed by atoms with Crippen molar-refractivity contribution >= 4 is 35.3 Å². The minimum absolute atomic E-state index is 0.0913. The molecule has 0 fully saturated rings. The van der Waals surface area contributed by atoms with Gasteiger partial charge in [0.05, 0.1) is 11.3 Å². The number of rotatable bonds is 3. The first-order valence-corrected chi connectivity index (χ1v) is 7.72. The van der Waals surface area contributed by atoms with Crippen molar-refractivity contribution in [2.75, 3.05) is 17.3 Å². The molecule has 1 aromatic rings. The average Bonchev–Trinajstić information content (AvgIpc) is 2.67. The van der Waals surface area contributed by atoms with Crippen LogP contribution in [0.1, 0.15) is 43.6 Å². The van der Waals surface area contributed by atoms with Gasteiger partial charge in [-0.05, 0) is 39.8 Å². The highest BCUT2D eigenvalue weighted by atomic mass is 16.6. The van der Waals surface area contributed by atoms with Crippen molar-refractivity contribution < 1.29 is 34.1 Å². The minimum atomic E-state index is -1.88. The van der Waals surface area contributed by atoms with Crippen LogP contribution in [-0.4, -0.2) is 46.8 Å². The number of benzene rings is 1. The number of nitrogens with zero attached hydrogens (tertiary/aromatic N) is 1. The van der Waals surface area contributed by atoms with Crippen molar-refractivity contribution in [3.05, 3.63) is 23.3 Å². The number of anilines is 2. The van der Waals surface area contributed by atoms with Gasteiger partial charge in [-0.2, -0.15) is 0 Å². The van der Waals surface area contributed by atoms with Gasteiger partial charge in [0.2, 0.25) is 5.91 Å². The van der Waals surface area contributed by atoms with Crippen molar-refractivity contribution in [2.45, 2.75) is 38.7 Å². The van der Waals surface area contributed by atoms with Gasteiger partial charge in [0.1, 0.15) is 5.60 Å². The van der Waals surface area contributed by atoms with Crippen LogP contribution in [0, 0.1) is 0 Å². The number of hydrogen-bond donors (Lipinski definition) is 3. The zero-order valence-corrected chi connectivity index (χ0v) is 15.0. The number of fused-ring (bicyclic) bond motifs is 1. The van der Waals surface area contributed by atoms with Gasteiger partial charge in [-0.25, -0.2) is 9.59 Å².